The third-order valence-corrected chi connectivity index (χ3v) is 3.84. The van der Waals surface area contributed by atoms with Crippen molar-refractivity contribution in [1.29, 1.82) is 0 Å². The van der Waals surface area contributed by atoms with Gasteiger partial charge in [-0.2, -0.15) is 0 Å². The lowest BCUT2D eigenvalue weighted by Crippen LogP contribution is -2.14. The lowest BCUT2D eigenvalue weighted by Gasteiger charge is -2.14. The van der Waals surface area contributed by atoms with Crippen molar-refractivity contribution in [1.82, 2.24) is 9.97 Å². The van der Waals surface area contributed by atoms with Gasteiger partial charge in [0.25, 0.3) is 0 Å². The first-order valence-electron chi connectivity index (χ1n) is 5.58. The molecule has 90 valence electrons. The predicted molar refractivity (Wildman–Crippen MR) is 67.7 cm³/mol. The zero-order valence-electron chi connectivity index (χ0n) is 9.51. The molecule has 2 aromatic heterocycles. The minimum absolute atomic E-state index is 0.00593. The van der Waals surface area contributed by atoms with Gasteiger partial charge in [0.1, 0.15) is 10.9 Å². The van der Waals surface area contributed by atoms with Gasteiger partial charge in [0, 0.05) is 7.11 Å². The van der Waals surface area contributed by atoms with Crippen molar-refractivity contribution in [2.24, 2.45) is 11.8 Å². The Kier molecular flexibility index (Phi) is 2.70. The number of aromatic nitrogens is 2. The van der Waals surface area contributed by atoms with Crippen molar-refractivity contribution in [3.63, 3.8) is 0 Å². The molecule has 1 saturated carbocycles. The molecular formula is C11H14N4OS. The molecule has 1 atom stereocenters. The summed E-state index contributed by atoms with van der Waals surface area (Å²) in [6.45, 7) is 0. The van der Waals surface area contributed by atoms with Crippen LogP contribution in [0.1, 0.15) is 24.8 Å². The van der Waals surface area contributed by atoms with Crippen LogP contribution in [0.4, 0.5) is 5.82 Å². The molecule has 17 heavy (non-hydrogen) atoms. The molecule has 2 heterocycles. The molecule has 0 bridgehead atoms. The molecular weight excluding hydrogens is 236 g/mol. The number of anilines is 1. The Morgan fingerprint density at radius 2 is 2.35 bits per heavy atom. The van der Waals surface area contributed by atoms with Gasteiger partial charge in [0.2, 0.25) is 0 Å². The second-order valence-corrected chi connectivity index (χ2v) is 5.10. The van der Waals surface area contributed by atoms with Crippen LogP contribution in [0.2, 0.25) is 0 Å². The molecule has 0 amide bonds. The van der Waals surface area contributed by atoms with Gasteiger partial charge in [-0.3, -0.25) is 0 Å². The zero-order chi connectivity index (χ0) is 11.8. The smallest absolute Gasteiger partial charge is 0.161 e. The summed E-state index contributed by atoms with van der Waals surface area (Å²) < 4.78 is 5.50. The summed E-state index contributed by atoms with van der Waals surface area (Å²) in [6.07, 6.45) is 2.37. The first-order chi connectivity index (χ1) is 8.33. The molecule has 0 spiro atoms. The van der Waals surface area contributed by atoms with Gasteiger partial charge in [0.05, 0.1) is 5.39 Å². The normalized spacial score (nSPS) is 17.3. The number of nitrogen functional groups attached to an aromatic ring is 1. The average molecular weight is 250 g/mol. The summed E-state index contributed by atoms with van der Waals surface area (Å²) in [5, 5.41) is 2.95. The van der Waals surface area contributed by atoms with Crippen LogP contribution in [0.25, 0.3) is 10.2 Å². The van der Waals surface area contributed by atoms with E-state index in [1.54, 1.807) is 18.4 Å². The summed E-state index contributed by atoms with van der Waals surface area (Å²) in [6, 6.07) is 1.97. The Labute approximate surface area is 103 Å². The molecule has 1 aliphatic rings. The Hall–Kier alpha value is -1.24. The largest absolute Gasteiger partial charge is 0.373 e. The zero-order valence-corrected chi connectivity index (χ0v) is 10.3. The van der Waals surface area contributed by atoms with E-state index in [-0.39, 0.29) is 6.10 Å². The summed E-state index contributed by atoms with van der Waals surface area (Å²) >= 11 is 1.59. The van der Waals surface area contributed by atoms with Gasteiger partial charge < -0.3 is 10.2 Å². The fourth-order valence-corrected chi connectivity index (χ4v) is 2.79. The highest BCUT2D eigenvalue weighted by molar-refractivity contribution is 7.16. The number of nitrogens with zero attached hydrogens (tertiary/aromatic N) is 2. The van der Waals surface area contributed by atoms with Crippen molar-refractivity contribution in [3.05, 3.63) is 17.3 Å². The molecule has 0 aromatic carbocycles. The predicted octanol–water partition coefficient (Wildman–Crippen LogP) is 2.07. The van der Waals surface area contributed by atoms with Crippen LogP contribution >= 0.6 is 11.3 Å². The molecule has 5 nitrogen and oxygen atoms in total. The van der Waals surface area contributed by atoms with Crippen molar-refractivity contribution < 1.29 is 4.74 Å². The number of hydrazine groups is 1. The monoisotopic (exact) mass is 250 g/mol. The molecule has 6 heteroatoms. The van der Waals surface area contributed by atoms with Crippen LogP contribution in [0, 0.1) is 5.92 Å². The molecule has 3 N–H and O–H groups in total. The van der Waals surface area contributed by atoms with Gasteiger partial charge in [-0.15, -0.1) is 11.3 Å². The average Bonchev–Trinajstić information content (AvgIpc) is 3.06. The highest BCUT2D eigenvalue weighted by Gasteiger charge is 2.34. The third-order valence-electron chi connectivity index (χ3n) is 3.04. The fraction of sp³-hybridized carbons (Fsp3) is 0.455. The molecule has 0 radical (unpaired) electrons. The second kappa shape index (κ2) is 4.21. The van der Waals surface area contributed by atoms with Gasteiger partial charge in [-0.25, -0.2) is 15.8 Å². The Morgan fingerprint density at radius 3 is 3.00 bits per heavy atom. The number of fused-ring (bicyclic) bond motifs is 1. The van der Waals surface area contributed by atoms with E-state index in [9.17, 15) is 0 Å². The van der Waals surface area contributed by atoms with Gasteiger partial charge in [-0.05, 0) is 30.2 Å². The minimum atomic E-state index is -0.00593. The first kappa shape index (κ1) is 10.9. The van der Waals surface area contributed by atoms with E-state index in [1.807, 2.05) is 11.4 Å². The topological polar surface area (TPSA) is 73.1 Å². The number of nitrogens with one attached hydrogen (secondary N) is 1. The van der Waals surface area contributed by atoms with Gasteiger partial charge in [0.15, 0.2) is 11.6 Å². The Bertz CT molecular complexity index is 537. The number of ether oxygens (including phenoxy) is 1. The maximum Gasteiger partial charge on any atom is 0.161 e. The van der Waals surface area contributed by atoms with E-state index in [1.165, 1.54) is 12.8 Å². The van der Waals surface area contributed by atoms with Gasteiger partial charge in [-0.1, -0.05) is 0 Å². The Morgan fingerprint density at radius 1 is 1.53 bits per heavy atom. The van der Waals surface area contributed by atoms with Crippen LogP contribution < -0.4 is 11.3 Å². The third kappa shape index (κ3) is 1.88. The molecule has 2 aromatic rings. The molecule has 1 fully saturated rings. The first-order valence-corrected chi connectivity index (χ1v) is 6.46. The molecule has 0 saturated heterocycles. The maximum absolute atomic E-state index is 5.50. The summed E-state index contributed by atoms with van der Waals surface area (Å²) in [4.78, 5) is 9.97. The molecule has 0 aliphatic heterocycles. The maximum atomic E-state index is 5.50. The van der Waals surface area contributed by atoms with E-state index in [4.69, 9.17) is 10.6 Å². The lowest BCUT2D eigenvalue weighted by molar-refractivity contribution is 0.0776. The quantitative estimate of drug-likeness (QED) is 0.642. The highest BCUT2D eigenvalue weighted by Crippen LogP contribution is 2.42. The van der Waals surface area contributed by atoms with E-state index in [2.05, 4.69) is 15.4 Å². The van der Waals surface area contributed by atoms with Crippen LogP contribution in [0.3, 0.4) is 0 Å². The van der Waals surface area contributed by atoms with Crippen LogP contribution in [0.15, 0.2) is 11.4 Å². The summed E-state index contributed by atoms with van der Waals surface area (Å²) in [5.74, 6) is 7.47. The van der Waals surface area contributed by atoms with E-state index < -0.39 is 0 Å². The SMILES string of the molecule is COC(c1nc(NN)c2ccsc2n1)C1CC1. The second-order valence-electron chi connectivity index (χ2n) is 4.21. The number of hydrogen-bond donors (Lipinski definition) is 2. The van der Waals surface area contributed by atoms with E-state index in [0.29, 0.717) is 11.7 Å². The minimum Gasteiger partial charge on any atom is -0.373 e. The van der Waals surface area contributed by atoms with E-state index >= 15 is 0 Å². The highest BCUT2D eigenvalue weighted by atomic mass is 32.1. The van der Waals surface area contributed by atoms with Gasteiger partial charge >= 0.3 is 0 Å². The number of hydrogen-bond acceptors (Lipinski definition) is 6. The standard InChI is InChI=1S/C11H14N4OS/c1-16-8(6-2-3-6)10-13-9(15-12)7-4-5-17-11(7)14-10/h4-6,8H,2-3,12H2,1H3,(H,13,14,15). The Balaban J connectivity index is 2.09. The number of thiophene rings is 1. The van der Waals surface area contributed by atoms with E-state index in [0.717, 1.165) is 16.0 Å². The number of rotatable bonds is 4. The fourth-order valence-electron chi connectivity index (χ4n) is 2.02. The van der Waals surface area contributed by atoms with Crippen molar-refractivity contribution in [2.75, 3.05) is 12.5 Å². The summed E-state index contributed by atoms with van der Waals surface area (Å²) in [5.41, 5.74) is 2.63. The van der Waals surface area contributed by atoms with Crippen LogP contribution in [-0.4, -0.2) is 17.1 Å². The molecule has 1 aliphatic carbocycles. The van der Waals surface area contributed by atoms with Crippen molar-refractivity contribution in [3.8, 4) is 0 Å². The number of nitrogens with two attached hydrogens (primary N) is 1. The lowest BCUT2D eigenvalue weighted by atomic mass is 10.2. The van der Waals surface area contributed by atoms with Crippen molar-refractivity contribution >= 4 is 27.4 Å². The van der Waals surface area contributed by atoms with Crippen LogP contribution in [-0.2, 0) is 4.74 Å². The molecule has 1 unspecified atom stereocenters. The van der Waals surface area contributed by atoms with Crippen LogP contribution in [0.5, 0.6) is 0 Å². The van der Waals surface area contributed by atoms with Crippen molar-refractivity contribution in [2.45, 2.75) is 18.9 Å². The number of methoxy groups -OCH3 is 1. The summed E-state index contributed by atoms with van der Waals surface area (Å²) in [7, 11) is 1.71. The molecule has 3 rings (SSSR count).